The largest absolute Gasteiger partial charge is 0.0620 e. The summed E-state index contributed by atoms with van der Waals surface area (Å²) in [5.41, 5.74) is 0.500. The van der Waals surface area contributed by atoms with Crippen LogP contribution in [-0.4, -0.2) is 0 Å². The fourth-order valence-corrected chi connectivity index (χ4v) is 8.99. The molecule has 0 amide bonds. The summed E-state index contributed by atoms with van der Waals surface area (Å²) in [5.74, 6) is 13.8. The summed E-state index contributed by atoms with van der Waals surface area (Å²) in [5, 5.41) is 0. The maximum Gasteiger partial charge on any atom is -0.0321 e. The van der Waals surface area contributed by atoms with Gasteiger partial charge in [-0.15, -0.1) is 0 Å². The van der Waals surface area contributed by atoms with Crippen LogP contribution in [-0.2, 0) is 0 Å². The maximum absolute atomic E-state index is 2.65. The van der Waals surface area contributed by atoms with Crippen molar-refractivity contribution in [1.82, 2.24) is 0 Å². The minimum Gasteiger partial charge on any atom is -0.0620 e. The van der Waals surface area contributed by atoms with Crippen molar-refractivity contribution in [1.29, 1.82) is 0 Å². The summed E-state index contributed by atoms with van der Waals surface area (Å²) in [6.45, 7) is 29.5. The molecular formula is C29H54. The smallest absolute Gasteiger partial charge is 0.0321 e. The van der Waals surface area contributed by atoms with E-state index in [1.165, 1.54) is 0 Å². The van der Waals surface area contributed by atoms with Crippen molar-refractivity contribution in [3.63, 3.8) is 0 Å². The third-order valence-corrected chi connectivity index (χ3v) is 11.1. The average Bonchev–Trinajstić information content (AvgIpc) is 3.02. The van der Waals surface area contributed by atoms with Crippen LogP contribution in [0.5, 0.6) is 0 Å². The molecule has 0 N–H and O–H groups in total. The summed E-state index contributed by atoms with van der Waals surface area (Å²) >= 11 is 0. The summed E-state index contributed by atoms with van der Waals surface area (Å²) in [4.78, 5) is 0. The first-order valence-electron chi connectivity index (χ1n) is 13.3. The van der Waals surface area contributed by atoms with E-state index in [4.69, 9.17) is 0 Å². The van der Waals surface area contributed by atoms with Crippen molar-refractivity contribution in [2.45, 2.75) is 95.9 Å². The highest BCUT2D eigenvalue weighted by Gasteiger charge is 2.60. The van der Waals surface area contributed by atoms with Gasteiger partial charge in [0.1, 0.15) is 0 Å². The van der Waals surface area contributed by atoms with Gasteiger partial charge in [-0.2, -0.15) is 0 Å². The van der Waals surface area contributed by atoms with Gasteiger partial charge in [-0.05, 0) is 101 Å². The lowest BCUT2D eigenvalue weighted by Crippen LogP contribution is -2.43. The first-order chi connectivity index (χ1) is 13.3. The lowest BCUT2D eigenvalue weighted by Gasteiger charge is -2.49. The predicted molar refractivity (Wildman–Crippen MR) is 129 cm³/mol. The number of rotatable bonds is 0. The third kappa shape index (κ3) is 4.09. The van der Waals surface area contributed by atoms with Crippen LogP contribution < -0.4 is 0 Å². The average molecular weight is 403 g/mol. The van der Waals surface area contributed by atoms with Crippen molar-refractivity contribution < 1.29 is 0 Å². The van der Waals surface area contributed by atoms with Gasteiger partial charge in [0.25, 0.3) is 0 Å². The molecule has 0 aromatic heterocycles. The van der Waals surface area contributed by atoms with E-state index in [2.05, 4.69) is 83.1 Å². The zero-order chi connectivity index (χ0) is 22.0. The number of hydrogen-bond donors (Lipinski definition) is 0. The molecule has 0 aromatic carbocycles. The van der Waals surface area contributed by atoms with E-state index in [1.54, 1.807) is 12.8 Å². The van der Waals surface area contributed by atoms with Crippen LogP contribution in [0.1, 0.15) is 95.9 Å². The Labute approximate surface area is 184 Å². The minimum absolute atomic E-state index is 0.500. The van der Waals surface area contributed by atoms with Crippen molar-refractivity contribution in [3.8, 4) is 0 Å². The van der Waals surface area contributed by atoms with Crippen molar-refractivity contribution >= 4 is 0 Å². The molecule has 0 heterocycles. The van der Waals surface area contributed by atoms with E-state index in [9.17, 15) is 0 Å². The molecule has 170 valence electrons. The molecule has 4 fully saturated rings. The van der Waals surface area contributed by atoms with E-state index in [1.807, 2.05) is 0 Å². The first kappa shape index (κ1) is 23.7. The maximum atomic E-state index is 2.65. The normalized spacial score (nSPS) is 56.7. The molecule has 29 heavy (non-hydrogen) atoms. The highest BCUT2D eigenvalue weighted by atomic mass is 14.7. The van der Waals surface area contributed by atoms with Crippen molar-refractivity contribution in [2.75, 3.05) is 0 Å². The molecule has 0 aromatic rings. The second-order valence-corrected chi connectivity index (χ2v) is 14.2. The molecule has 14 atom stereocenters. The van der Waals surface area contributed by atoms with Gasteiger partial charge in [0.05, 0.1) is 0 Å². The Bertz CT molecular complexity index is 549. The minimum atomic E-state index is 0.500. The molecule has 0 bridgehead atoms. The van der Waals surface area contributed by atoms with E-state index in [0.717, 1.165) is 82.9 Å². The van der Waals surface area contributed by atoms with Crippen LogP contribution in [0, 0.1) is 88.3 Å². The predicted octanol–water partition coefficient (Wildman–Crippen LogP) is 8.66. The Morgan fingerprint density at radius 3 is 1.14 bits per heavy atom. The second kappa shape index (κ2) is 8.16. The van der Waals surface area contributed by atoms with Crippen LogP contribution in [0.2, 0.25) is 0 Å². The molecule has 0 radical (unpaired) electrons. The Morgan fingerprint density at radius 2 is 0.690 bits per heavy atom. The van der Waals surface area contributed by atoms with Gasteiger partial charge in [0.2, 0.25) is 0 Å². The molecule has 14 unspecified atom stereocenters. The molecule has 0 saturated heterocycles. The summed E-state index contributed by atoms with van der Waals surface area (Å²) in [7, 11) is 0. The topological polar surface area (TPSA) is 0 Å². The Balaban J connectivity index is 0.000000431. The highest BCUT2D eigenvalue weighted by molar-refractivity contribution is 5.09. The van der Waals surface area contributed by atoms with Gasteiger partial charge in [0, 0.05) is 0 Å². The summed E-state index contributed by atoms with van der Waals surface area (Å²) in [6, 6.07) is 0. The Hall–Kier alpha value is 0. The van der Waals surface area contributed by atoms with Crippen LogP contribution in [0.4, 0.5) is 0 Å². The fourth-order valence-electron chi connectivity index (χ4n) is 8.99. The lowest BCUT2D eigenvalue weighted by atomic mass is 9.56. The van der Waals surface area contributed by atoms with E-state index < -0.39 is 0 Å². The van der Waals surface area contributed by atoms with Crippen LogP contribution >= 0.6 is 0 Å². The number of fused-ring (bicyclic) bond motifs is 4. The summed E-state index contributed by atoms with van der Waals surface area (Å²) in [6.07, 6.45) is 3.15. The van der Waals surface area contributed by atoms with Gasteiger partial charge in [-0.25, -0.2) is 0 Å². The van der Waals surface area contributed by atoms with Crippen molar-refractivity contribution in [2.24, 2.45) is 88.3 Å². The third-order valence-electron chi connectivity index (χ3n) is 11.1. The first-order valence-corrected chi connectivity index (χ1v) is 13.3. The molecular weight excluding hydrogens is 348 g/mol. The molecule has 4 saturated carbocycles. The molecule has 0 nitrogen and oxygen atoms in total. The van der Waals surface area contributed by atoms with Crippen LogP contribution in [0.15, 0.2) is 0 Å². The van der Waals surface area contributed by atoms with Gasteiger partial charge in [-0.3, -0.25) is 0 Å². The van der Waals surface area contributed by atoms with Crippen molar-refractivity contribution in [3.05, 3.63) is 0 Å². The molecule has 4 aliphatic rings. The molecule has 0 aliphatic heterocycles. The van der Waals surface area contributed by atoms with Gasteiger partial charge < -0.3 is 0 Å². The van der Waals surface area contributed by atoms with Gasteiger partial charge in [-0.1, -0.05) is 83.1 Å². The van der Waals surface area contributed by atoms with Gasteiger partial charge >= 0.3 is 0 Å². The number of hydrogen-bond acceptors (Lipinski definition) is 0. The van der Waals surface area contributed by atoms with E-state index in [0.29, 0.717) is 5.41 Å². The quantitative estimate of drug-likeness (QED) is 0.380. The SMILES string of the molecule is CC(C)(C)C.CC1C(C)C2CC3C(C)C4C(C)C(C)C(C)C(C)C4C3CC2C1C. The van der Waals surface area contributed by atoms with E-state index >= 15 is 0 Å². The lowest BCUT2D eigenvalue weighted by molar-refractivity contribution is -0.00928. The summed E-state index contributed by atoms with van der Waals surface area (Å²) < 4.78 is 0. The highest BCUT2D eigenvalue weighted by Crippen LogP contribution is 2.66. The van der Waals surface area contributed by atoms with Crippen LogP contribution in [0.3, 0.4) is 0 Å². The Kier molecular flexibility index (Phi) is 6.66. The van der Waals surface area contributed by atoms with Gasteiger partial charge in [0.15, 0.2) is 0 Å². The van der Waals surface area contributed by atoms with E-state index in [-0.39, 0.29) is 0 Å². The second-order valence-electron chi connectivity index (χ2n) is 14.2. The molecule has 0 heteroatoms. The fraction of sp³-hybridized carbons (Fsp3) is 1.00. The standard InChI is InChI=1S/C24H42.C5H12/c1-11-12(2)17(7)24-22-10-20-15(5)13(3)14(4)19(20)9-21(22)18(8)23(24)16(11)6;1-5(2,3)4/h11-24H,9-10H2,1-8H3;1-4H3. The Morgan fingerprint density at radius 1 is 0.379 bits per heavy atom. The monoisotopic (exact) mass is 402 g/mol. The zero-order valence-corrected chi connectivity index (χ0v) is 22.0. The molecule has 0 spiro atoms. The molecule has 4 aliphatic carbocycles. The molecule has 4 rings (SSSR count). The zero-order valence-electron chi connectivity index (χ0n) is 22.0. The van der Waals surface area contributed by atoms with Crippen LogP contribution in [0.25, 0.3) is 0 Å².